The number of carbonyl (C=O) groups excluding carboxylic acids is 2. The van der Waals surface area contributed by atoms with Crippen LogP contribution in [0, 0.1) is 5.92 Å². The predicted octanol–water partition coefficient (Wildman–Crippen LogP) is 4.54. The maximum atomic E-state index is 12.9. The summed E-state index contributed by atoms with van der Waals surface area (Å²) in [5.41, 5.74) is -0.925. The van der Waals surface area contributed by atoms with Gasteiger partial charge in [-0.1, -0.05) is 11.6 Å². The van der Waals surface area contributed by atoms with Crippen LogP contribution in [0.3, 0.4) is 0 Å². The summed E-state index contributed by atoms with van der Waals surface area (Å²) in [6, 6.07) is 9.34. The normalized spacial score (nSPS) is 17.9. The largest absolute Gasteiger partial charge is 0.490 e. The van der Waals surface area contributed by atoms with Gasteiger partial charge in [-0.25, -0.2) is 0 Å². The molecule has 1 aliphatic carbocycles. The van der Waals surface area contributed by atoms with Crippen molar-refractivity contribution in [2.24, 2.45) is 5.92 Å². The molecule has 11 heteroatoms. The molecule has 0 bridgehead atoms. The van der Waals surface area contributed by atoms with Crippen molar-refractivity contribution < 1.29 is 37.4 Å². The first-order chi connectivity index (χ1) is 16.5. The number of carboxylic acid groups (broad SMARTS) is 1. The third-order valence-electron chi connectivity index (χ3n) is 5.67. The second-order valence-corrected chi connectivity index (χ2v) is 8.57. The Kier molecular flexibility index (Phi) is 8.61. The lowest BCUT2D eigenvalue weighted by Gasteiger charge is -2.26. The smallest absolute Gasteiger partial charge is 0.417 e. The molecule has 0 heterocycles. The number of halogens is 4. The Bertz CT molecular complexity index is 1070. The highest BCUT2D eigenvalue weighted by atomic mass is 35.5. The van der Waals surface area contributed by atoms with Gasteiger partial charge in [0, 0.05) is 24.2 Å². The summed E-state index contributed by atoms with van der Waals surface area (Å²) in [5.74, 6) is -1.64. The fourth-order valence-electron chi connectivity index (χ4n) is 3.74. The Morgan fingerprint density at radius 2 is 1.46 bits per heavy atom. The molecule has 7 nitrogen and oxygen atoms in total. The van der Waals surface area contributed by atoms with Gasteiger partial charge in [0.2, 0.25) is 0 Å². The van der Waals surface area contributed by atoms with E-state index in [-0.39, 0.29) is 30.7 Å². The van der Waals surface area contributed by atoms with Crippen LogP contribution in [-0.2, 0) is 11.0 Å². The molecule has 2 aromatic rings. The van der Waals surface area contributed by atoms with E-state index in [9.17, 15) is 27.6 Å². The molecule has 0 aliphatic heterocycles. The van der Waals surface area contributed by atoms with Crippen molar-refractivity contribution in [3.05, 3.63) is 64.2 Å². The van der Waals surface area contributed by atoms with Crippen molar-refractivity contribution in [1.29, 1.82) is 0 Å². The number of benzene rings is 2. The minimum absolute atomic E-state index is 0.00869. The molecule has 0 atom stereocenters. The lowest BCUT2D eigenvalue weighted by molar-refractivity contribution is -0.143. The van der Waals surface area contributed by atoms with Crippen LogP contribution in [0.5, 0.6) is 5.75 Å². The van der Waals surface area contributed by atoms with E-state index in [0.29, 0.717) is 43.1 Å². The highest BCUT2D eigenvalue weighted by Crippen LogP contribution is 2.35. The Labute approximate surface area is 204 Å². The Morgan fingerprint density at radius 1 is 0.914 bits per heavy atom. The molecule has 0 aromatic heterocycles. The summed E-state index contributed by atoms with van der Waals surface area (Å²) in [5, 5.41) is 13.6. The number of hydrogen-bond donors (Lipinski definition) is 3. The third-order valence-corrected chi connectivity index (χ3v) is 6.00. The van der Waals surface area contributed by atoms with E-state index < -0.39 is 34.5 Å². The van der Waals surface area contributed by atoms with Crippen LogP contribution in [0.1, 0.15) is 52.0 Å². The number of carboxylic acids is 1. The van der Waals surface area contributed by atoms with Gasteiger partial charge in [-0.15, -0.1) is 0 Å². The van der Waals surface area contributed by atoms with Crippen molar-refractivity contribution in [1.82, 2.24) is 10.6 Å². The SMILES string of the molecule is O=C(NCCNC(=O)c1ccc(Cl)c(C(F)(F)F)c1)c1ccc(O[C@H]2CC[C@@H](C(=O)O)CC2)cc1. The second kappa shape index (κ2) is 11.4. The van der Waals surface area contributed by atoms with E-state index in [2.05, 4.69) is 10.6 Å². The Hall–Kier alpha value is -3.27. The van der Waals surface area contributed by atoms with E-state index >= 15 is 0 Å². The monoisotopic (exact) mass is 512 g/mol. The number of amides is 2. The lowest BCUT2D eigenvalue weighted by atomic mass is 9.87. The number of nitrogens with one attached hydrogen (secondary N) is 2. The average molecular weight is 513 g/mol. The second-order valence-electron chi connectivity index (χ2n) is 8.16. The van der Waals surface area contributed by atoms with Gasteiger partial charge in [-0.3, -0.25) is 14.4 Å². The van der Waals surface area contributed by atoms with Gasteiger partial charge in [0.1, 0.15) is 5.75 Å². The van der Waals surface area contributed by atoms with Crippen molar-refractivity contribution in [2.75, 3.05) is 13.1 Å². The van der Waals surface area contributed by atoms with Crippen molar-refractivity contribution >= 4 is 29.4 Å². The van der Waals surface area contributed by atoms with E-state index in [1.54, 1.807) is 24.3 Å². The van der Waals surface area contributed by atoms with Crippen molar-refractivity contribution in [3.8, 4) is 5.75 Å². The van der Waals surface area contributed by atoms with E-state index in [1.165, 1.54) is 6.07 Å². The first kappa shape index (κ1) is 26.3. The summed E-state index contributed by atoms with van der Waals surface area (Å²) >= 11 is 5.55. The maximum absolute atomic E-state index is 12.9. The first-order valence-corrected chi connectivity index (χ1v) is 11.3. The van der Waals surface area contributed by atoms with Crippen LogP contribution in [0.4, 0.5) is 13.2 Å². The van der Waals surface area contributed by atoms with Crippen LogP contribution < -0.4 is 15.4 Å². The van der Waals surface area contributed by atoms with Gasteiger partial charge in [-0.2, -0.15) is 13.2 Å². The molecule has 0 unspecified atom stereocenters. The van der Waals surface area contributed by atoms with Crippen molar-refractivity contribution in [2.45, 2.75) is 38.0 Å². The molecule has 1 fully saturated rings. The summed E-state index contributed by atoms with van der Waals surface area (Å²) in [6.45, 7) is 0.0735. The molecule has 2 amide bonds. The van der Waals surface area contributed by atoms with Crippen LogP contribution in [0.2, 0.25) is 5.02 Å². The topological polar surface area (TPSA) is 105 Å². The number of aliphatic carboxylic acids is 1. The first-order valence-electron chi connectivity index (χ1n) is 11.0. The fraction of sp³-hybridized carbons (Fsp3) is 0.375. The molecule has 3 rings (SSSR count). The summed E-state index contributed by atoms with van der Waals surface area (Å²) in [6.07, 6.45) is -2.31. The Morgan fingerprint density at radius 3 is 2.00 bits per heavy atom. The molecule has 2 aromatic carbocycles. The minimum Gasteiger partial charge on any atom is -0.490 e. The van der Waals surface area contributed by atoms with E-state index in [0.717, 1.165) is 6.07 Å². The van der Waals surface area contributed by atoms with Gasteiger partial charge in [0.15, 0.2) is 0 Å². The zero-order chi connectivity index (χ0) is 25.6. The lowest BCUT2D eigenvalue weighted by Crippen LogP contribution is -2.34. The van der Waals surface area contributed by atoms with Crippen LogP contribution in [-0.4, -0.2) is 42.1 Å². The highest BCUT2D eigenvalue weighted by Gasteiger charge is 2.33. The van der Waals surface area contributed by atoms with Gasteiger partial charge in [0.05, 0.1) is 22.6 Å². The molecule has 0 spiro atoms. The van der Waals surface area contributed by atoms with Crippen LogP contribution >= 0.6 is 11.6 Å². The Balaban J connectivity index is 1.42. The molecular formula is C24H24ClF3N2O5. The molecule has 1 saturated carbocycles. The molecule has 0 radical (unpaired) electrons. The number of alkyl halides is 3. The molecule has 35 heavy (non-hydrogen) atoms. The summed E-state index contributed by atoms with van der Waals surface area (Å²) < 4.78 is 44.7. The van der Waals surface area contributed by atoms with Crippen LogP contribution in [0.25, 0.3) is 0 Å². The summed E-state index contributed by atoms with van der Waals surface area (Å²) in [7, 11) is 0. The number of ether oxygens (including phenoxy) is 1. The van der Waals surface area contributed by atoms with E-state index in [1.807, 2.05) is 0 Å². The van der Waals surface area contributed by atoms with Gasteiger partial charge < -0.3 is 20.5 Å². The fourth-order valence-corrected chi connectivity index (χ4v) is 3.97. The van der Waals surface area contributed by atoms with Gasteiger partial charge >= 0.3 is 12.1 Å². The van der Waals surface area contributed by atoms with E-state index in [4.69, 9.17) is 21.4 Å². The molecule has 1 aliphatic rings. The van der Waals surface area contributed by atoms with Crippen molar-refractivity contribution in [3.63, 3.8) is 0 Å². The highest BCUT2D eigenvalue weighted by molar-refractivity contribution is 6.31. The van der Waals surface area contributed by atoms with Gasteiger partial charge in [-0.05, 0) is 68.1 Å². The molecule has 0 saturated heterocycles. The third kappa shape index (κ3) is 7.35. The average Bonchev–Trinajstić information content (AvgIpc) is 2.82. The number of hydrogen-bond acceptors (Lipinski definition) is 4. The number of rotatable bonds is 8. The summed E-state index contributed by atoms with van der Waals surface area (Å²) in [4.78, 5) is 35.4. The zero-order valence-electron chi connectivity index (χ0n) is 18.5. The zero-order valence-corrected chi connectivity index (χ0v) is 19.3. The molecule has 3 N–H and O–H groups in total. The van der Waals surface area contributed by atoms with Gasteiger partial charge in [0.25, 0.3) is 11.8 Å². The quantitative estimate of drug-likeness (QED) is 0.450. The predicted molar refractivity (Wildman–Crippen MR) is 122 cm³/mol. The maximum Gasteiger partial charge on any atom is 0.417 e. The number of carbonyl (C=O) groups is 3. The standard InChI is InChI=1S/C24H24ClF3N2O5/c25-20-10-5-16(13-19(20)24(26,27)28)22(32)30-12-11-29-21(31)14-1-6-17(7-2-14)35-18-8-3-15(4-9-18)23(33)34/h1-2,5-7,10,13,15,18H,3-4,8-9,11-12H2,(H,29,31)(H,30,32)(H,33,34)/t15-,18+. The minimum atomic E-state index is -4.68. The van der Waals surface area contributed by atoms with Crippen LogP contribution in [0.15, 0.2) is 42.5 Å². The molecular weight excluding hydrogens is 489 g/mol. The molecule has 188 valence electrons.